The molecule has 1 aliphatic carbocycles. The number of morpholine rings is 1. The molecule has 7 heteroatoms. The van der Waals surface area contributed by atoms with E-state index >= 15 is 0 Å². The number of hydrogen-bond donors (Lipinski definition) is 2. The zero-order valence-electron chi connectivity index (χ0n) is 15.0. The van der Waals surface area contributed by atoms with Gasteiger partial charge in [-0.15, -0.1) is 0 Å². The molecule has 0 atom stereocenters. The van der Waals surface area contributed by atoms with Gasteiger partial charge in [0.25, 0.3) is 5.91 Å². The summed E-state index contributed by atoms with van der Waals surface area (Å²) in [6.07, 6.45) is 3.54. The lowest BCUT2D eigenvalue weighted by atomic mass is 10.2. The molecule has 2 fully saturated rings. The molecule has 0 spiro atoms. The Kier molecular flexibility index (Phi) is 5.02. The number of nitrogens with zero attached hydrogens (tertiary/aromatic N) is 2. The van der Waals surface area contributed by atoms with Crippen LogP contribution in [-0.4, -0.2) is 43.1 Å². The number of rotatable bonds is 5. The maximum absolute atomic E-state index is 12.5. The highest BCUT2D eigenvalue weighted by Gasteiger charge is 2.29. The maximum atomic E-state index is 12.5. The fourth-order valence-electron chi connectivity index (χ4n) is 2.97. The Morgan fingerprint density at radius 2 is 1.85 bits per heavy atom. The van der Waals surface area contributed by atoms with Crippen LogP contribution in [0.15, 0.2) is 42.6 Å². The van der Waals surface area contributed by atoms with Gasteiger partial charge in [-0.2, -0.15) is 0 Å². The van der Waals surface area contributed by atoms with Gasteiger partial charge in [0, 0.05) is 30.3 Å². The van der Waals surface area contributed by atoms with E-state index in [1.165, 1.54) is 0 Å². The van der Waals surface area contributed by atoms with E-state index < -0.39 is 0 Å². The molecule has 1 aliphatic heterocycles. The van der Waals surface area contributed by atoms with Crippen LogP contribution in [0.2, 0.25) is 0 Å². The highest BCUT2D eigenvalue weighted by Crippen LogP contribution is 2.30. The number of ether oxygens (including phenoxy) is 1. The molecule has 140 valence electrons. The fourth-order valence-corrected chi connectivity index (χ4v) is 2.97. The van der Waals surface area contributed by atoms with Gasteiger partial charge in [-0.05, 0) is 43.2 Å². The average Bonchev–Trinajstić information content (AvgIpc) is 3.55. The first-order valence-corrected chi connectivity index (χ1v) is 9.20. The summed E-state index contributed by atoms with van der Waals surface area (Å²) in [7, 11) is 0. The first-order valence-electron chi connectivity index (χ1n) is 9.20. The van der Waals surface area contributed by atoms with Crippen LogP contribution in [0, 0.1) is 5.92 Å². The second kappa shape index (κ2) is 7.75. The van der Waals surface area contributed by atoms with Crippen molar-refractivity contribution < 1.29 is 14.3 Å². The van der Waals surface area contributed by atoms with Crippen LogP contribution in [-0.2, 0) is 9.53 Å². The van der Waals surface area contributed by atoms with Crippen LogP contribution in [0.1, 0.15) is 23.2 Å². The maximum Gasteiger partial charge on any atom is 0.255 e. The van der Waals surface area contributed by atoms with Gasteiger partial charge in [0.05, 0.1) is 25.1 Å². The number of amides is 2. The van der Waals surface area contributed by atoms with E-state index in [2.05, 4.69) is 20.5 Å². The number of benzene rings is 1. The lowest BCUT2D eigenvalue weighted by Crippen LogP contribution is -2.36. The highest BCUT2D eigenvalue weighted by atomic mass is 16.5. The standard InChI is InChI=1S/C20H22N4O3/c25-19(14-4-5-14)22-16-3-1-2-15(12-16)20(26)23-17-6-7-18(21-13-17)24-8-10-27-11-9-24/h1-3,6-7,12-14H,4-5,8-11H2,(H,22,25)(H,23,26). The van der Waals surface area contributed by atoms with Gasteiger partial charge in [-0.1, -0.05) is 6.07 Å². The topological polar surface area (TPSA) is 83.6 Å². The molecular weight excluding hydrogens is 344 g/mol. The van der Waals surface area contributed by atoms with Crippen molar-refractivity contribution in [3.8, 4) is 0 Å². The molecule has 4 rings (SSSR count). The van der Waals surface area contributed by atoms with Gasteiger partial charge in [-0.3, -0.25) is 9.59 Å². The molecule has 1 aromatic carbocycles. The fraction of sp³-hybridized carbons (Fsp3) is 0.350. The van der Waals surface area contributed by atoms with Crippen LogP contribution >= 0.6 is 0 Å². The van der Waals surface area contributed by atoms with Crippen molar-refractivity contribution >= 4 is 29.0 Å². The zero-order valence-corrected chi connectivity index (χ0v) is 15.0. The van der Waals surface area contributed by atoms with E-state index in [0.29, 0.717) is 30.2 Å². The third-order valence-corrected chi connectivity index (χ3v) is 4.68. The van der Waals surface area contributed by atoms with Gasteiger partial charge >= 0.3 is 0 Å². The molecule has 0 unspecified atom stereocenters. The Morgan fingerprint density at radius 3 is 2.56 bits per heavy atom. The predicted molar refractivity (Wildman–Crippen MR) is 103 cm³/mol. The minimum Gasteiger partial charge on any atom is -0.378 e. The van der Waals surface area contributed by atoms with E-state index in [-0.39, 0.29) is 17.7 Å². The minimum atomic E-state index is -0.238. The Hall–Kier alpha value is -2.93. The van der Waals surface area contributed by atoms with Crippen molar-refractivity contribution in [1.82, 2.24) is 4.98 Å². The lowest BCUT2D eigenvalue weighted by Gasteiger charge is -2.27. The van der Waals surface area contributed by atoms with E-state index in [1.54, 1.807) is 30.5 Å². The molecule has 2 heterocycles. The molecule has 2 aromatic rings. The number of carbonyl (C=O) groups is 2. The Morgan fingerprint density at radius 1 is 1.04 bits per heavy atom. The summed E-state index contributed by atoms with van der Waals surface area (Å²) in [4.78, 5) is 31.0. The lowest BCUT2D eigenvalue weighted by molar-refractivity contribution is -0.117. The molecule has 2 amide bonds. The normalized spacial score (nSPS) is 16.7. The molecule has 1 saturated heterocycles. The van der Waals surface area contributed by atoms with Gasteiger partial charge in [-0.25, -0.2) is 4.98 Å². The van der Waals surface area contributed by atoms with Crippen molar-refractivity contribution in [2.24, 2.45) is 5.92 Å². The summed E-state index contributed by atoms with van der Waals surface area (Å²) >= 11 is 0. The van der Waals surface area contributed by atoms with Crippen molar-refractivity contribution in [3.63, 3.8) is 0 Å². The van der Waals surface area contributed by atoms with Crippen LogP contribution < -0.4 is 15.5 Å². The summed E-state index contributed by atoms with van der Waals surface area (Å²) in [6.45, 7) is 3.04. The van der Waals surface area contributed by atoms with Gasteiger partial charge < -0.3 is 20.3 Å². The number of pyridine rings is 1. The minimum absolute atomic E-state index is 0.0236. The van der Waals surface area contributed by atoms with Crippen LogP contribution in [0.5, 0.6) is 0 Å². The number of hydrogen-bond acceptors (Lipinski definition) is 5. The van der Waals surface area contributed by atoms with Gasteiger partial charge in [0.1, 0.15) is 5.82 Å². The largest absolute Gasteiger partial charge is 0.378 e. The third-order valence-electron chi connectivity index (χ3n) is 4.68. The number of anilines is 3. The number of aromatic nitrogens is 1. The third kappa shape index (κ3) is 4.43. The molecule has 1 aromatic heterocycles. The van der Waals surface area contributed by atoms with Crippen LogP contribution in [0.25, 0.3) is 0 Å². The van der Waals surface area contributed by atoms with Crippen molar-refractivity contribution in [3.05, 3.63) is 48.2 Å². The van der Waals surface area contributed by atoms with Crippen molar-refractivity contribution in [1.29, 1.82) is 0 Å². The SMILES string of the molecule is O=C(Nc1ccc(N2CCOCC2)nc1)c1cccc(NC(=O)C2CC2)c1. The van der Waals surface area contributed by atoms with E-state index in [0.717, 1.165) is 31.7 Å². The summed E-state index contributed by atoms with van der Waals surface area (Å²) in [5.74, 6) is 0.786. The molecule has 0 bridgehead atoms. The van der Waals surface area contributed by atoms with Gasteiger partial charge in [0.15, 0.2) is 0 Å². The van der Waals surface area contributed by atoms with E-state index in [1.807, 2.05) is 12.1 Å². The summed E-state index contributed by atoms with van der Waals surface area (Å²) < 4.78 is 5.34. The summed E-state index contributed by atoms with van der Waals surface area (Å²) in [6, 6.07) is 10.7. The second-order valence-corrected chi connectivity index (χ2v) is 6.80. The molecule has 7 nitrogen and oxygen atoms in total. The van der Waals surface area contributed by atoms with Crippen molar-refractivity contribution in [2.45, 2.75) is 12.8 Å². The molecule has 1 saturated carbocycles. The predicted octanol–water partition coefficient (Wildman–Crippen LogP) is 2.52. The quantitative estimate of drug-likeness (QED) is 0.850. The smallest absolute Gasteiger partial charge is 0.255 e. The monoisotopic (exact) mass is 366 g/mol. The number of nitrogens with one attached hydrogen (secondary N) is 2. The summed E-state index contributed by atoms with van der Waals surface area (Å²) in [5.41, 5.74) is 1.76. The Bertz CT molecular complexity index is 827. The number of carbonyl (C=O) groups excluding carboxylic acids is 2. The first kappa shape index (κ1) is 17.5. The summed E-state index contributed by atoms with van der Waals surface area (Å²) in [5, 5.41) is 5.71. The van der Waals surface area contributed by atoms with E-state index in [4.69, 9.17) is 4.74 Å². The molecule has 2 N–H and O–H groups in total. The van der Waals surface area contributed by atoms with Crippen molar-refractivity contribution in [2.75, 3.05) is 41.8 Å². The molecular formula is C20H22N4O3. The Labute approximate surface area is 157 Å². The Balaban J connectivity index is 1.38. The van der Waals surface area contributed by atoms with E-state index in [9.17, 15) is 9.59 Å². The van der Waals surface area contributed by atoms with Crippen LogP contribution in [0.4, 0.5) is 17.2 Å². The molecule has 27 heavy (non-hydrogen) atoms. The molecule has 2 aliphatic rings. The first-order chi connectivity index (χ1) is 13.2. The van der Waals surface area contributed by atoms with Gasteiger partial charge in [0.2, 0.25) is 5.91 Å². The molecule has 0 radical (unpaired) electrons. The van der Waals surface area contributed by atoms with Crippen LogP contribution in [0.3, 0.4) is 0 Å². The second-order valence-electron chi connectivity index (χ2n) is 6.80. The highest BCUT2D eigenvalue weighted by molar-refractivity contribution is 6.05. The average molecular weight is 366 g/mol. The zero-order chi connectivity index (χ0) is 18.6.